The Bertz CT molecular complexity index is 786. The molecule has 8 heteroatoms. The number of carbonyl (C=O) groups is 1. The lowest BCUT2D eigenvalue weighted by Crippen LogP contribution is -2.41. The first kappa shape index (κ1) is 17.2. The van der Waals surface area contributed by atoms with Gasteiger partial charge in [0.15, 0.2) is 11.5 Å². The van der Waals surface area contributed by atoms with Crippen LogP contribution in [0.3, 0.4) is 0 Å². The minimum atomic E-state index is 0.0490. The monoisotopic (exact) mass is 374 g/mol. The molecule has 1 aromatic heterocycles. The first-order valence-corrected chi connectivity index (χ1v) is 9.66. The van der Waals surface area contributed by atoms with Gasteiger partial charge >= 0.3 is 0 Å². The fourth-order valence-electron chi connectivity index (χ4n) is 3.33. The number of ether oxygens (including phenoxy) is 2. The summed E-state index contributed by atoms with van der Waals surface area (Å²) in [4.78, 5) is 14.5. The van der Waals surface area contributed by atoms with Crippen LogP contribution in [0.2, 0.25) is 0 Å². The quantitative estimate of drug-likeness (QED) is 0.863. The zero-order chi connectivity index (χ0) is 17.9. The van der Waals surface area contributed by atoms with Crippen LogP contribution in [0.4, 0.5) is 0 Å². The smallest absolute Gasteiger partial charge is 0.234 e. The van der Waals surface area contributed by atoms with Crippen molar-refractivity contribution in [2.75, 3.05) is 26.4 Å². The number of hydrogen-bond acceptors (Lipinski definition) is 7. The van der Waals surface area contributed by atoms with Crippen molar-refractivity contribution in [3.05, 3.63) is 33.8 Å². The third-order valence-corrected chi connectivity index (χ3v) is 5.77. The van der Waals surface area contributed by atoms with Crippen LogP contribution in [0.25, 0.3) is 0 Å². The number of hydrogen-bond donors (Lipinski definition) is 1. The summed E-state index contributed by atoms with van der Waals surface area (Å²) in [6.45, 7) is 5.02. The maximum absolute atomic E-state index is 12.2. The van der Waals surface area contributed by atoms with Crippen LogP contribution in [0.1, 0.15) is 34.3 Å². The summed E-state index contributed by atoms with van der Waals surface area (Å²) >= 11 is 1.68. The molecule has 138 valence electrons. The maximum Gasteiger partial charge on any atom is 0.234 e. The van der Waals surface area contributed by atoms with Crippen LogP contribution in [0, 0.1) is 6.92 Å². The molecule has 1 aromatic carbocycles. The molecule has 7 nitrogen and oxygen atoms in total. The number of nitrogens with one attached hydrogen (secondary N) is 1. The van der Waals surface area contributed by atoms with Gasteiger partial charge < -0.3 is 14.8 Å². The zero-order valence-corrected chi connectivity index (χ0v) is 15.6. The molecule has 3 heterocycles. The highest BCUT2D eigenvalue weighted by molar-refractivity contribution is 7.11. The molecular weight excluding hydrogens is 352 g/mol. The van der Waals surface area contributed by atoms with Crippen LogP contribution in [0.15, 0.2) is 18.2 Å². The molecule has 0 aliphatic carbocycles. The van der Waals surface area contributed by atoms with Crippen molar-refractivity contribution in [3.63, 3.8) is 0 Å². The summed E-state index contributed by atoms with van der Waals surface area (Å²) in [6.07, 6.45) is 2.06. The molecule has 2 aromatic rings. The molecule has 2 aliphatic rings. The van der Waals surface area contributed by atoms with E-state index in [9.17, 15) is 4.79 Å². The summed E-state index contributed by atoms with van der Waals surface area (Å²) in [5.41, 5.74) is 1.01. The molecule has 1 amide bonds. The van der Waals surface area contributed by atoms with E-state index >= 15 is 0 Å². The van der Waals surface area contributed by atoms with Gasteiger partial charge in [-0.25, -0.2) is 0 Å². The third kappa shape index (κ3) is 3.96. The molecule has 0 unspecified atom stereocenters. The summed E-state index contributed by atoms with van der Waals surface area (Å²) < 4.78 is 10.7. The zero-order valence-electron chi connectivity index (χ0n) is 14.7. The molecule has 4 rings (SSSR count). The average Bonchev–Trinajstić information content (AvgIpc) is 3.29. The number of benzene rings is 1. The Kier molecular flexibility index (Phi) is 5.03. The van der Waals surface area contributed by atoms with E-state index in [1.54, 1.807) is 11.3 Å². The Morgan fingerprint density at radius 2 is 2.08 bits per heavy atom. The fraction of sp³-hybridized carbons (Fsp3) is 0.500. The fourth-order valence-corrected chi connectivity index (χ4v) is 4.19. The van der Waals surface area contributed by atoms with Gasteiger partial charge in [-0.05, 0) is 50.6 Å². The van der Waals surface area contributed by atoms with Crippen molar-refractivity contribution in [3.8, 4) is 11.5 Å². The van der Waals surface area contributed by atoms with Gasteiger partial charge in [-0.2, -0.15) is 0 Å². The molecule has 2 aliphatic heterocycles. The van der Waals surface area contributed by atoms with E-state index in [0.717, 1.165) is 53.0 Å². The Labute approximate surface area is 156 Å². The topological polar surface area (TPSA) is 76.6 Å². The number of amides is 1. The van der Waals surface area contributed by atoms with E-state index in [1.165, 1.54) is 0 Å². The Morgan fingerprint density at radius 3 is 2.85 bits per heavy atom. The van der Waals surface area contributed by atoms with Gasteiger partial charge in [0.1, 0.15) is 10.0 Å². The Balaban J connectivity index is 1.22. The molecule has 1 N–H and O–H groups in total. The summed E-state index contributed by atoms with van der Waals surface area (Å²) in [6, 6.07) is 5.74. The molecule has 0 spiro atoms. The lowest BCUT2D eigenvalue weighted by atomic mass is 9.98. The van der Waals surface area contributed by atoms with Gasteiger partial charge in [-0.3, -0.25) is 9.69 Å². The summed E-state index contributed by atoms with van der Waals surface area (Å²) in [5, 5.41) is 13.5. The standard InChI is InChI=1S/C18H22N4O3S/c1-12-20-21-18(26-12)14-4-6-22(7-5-14)10-17(23)19-9-13-2-3-15-16(8-13)25-11-24-15/h2-3,8,14H,4-7,9-11H2,1H3,(H,19,23). The molecule has 1 fully saturated rings. The van der Waals surface area contributed by atoms with Crippen LogP contribution in [0.5, 0.6) is 11.5 Å². The van der Waals surface area contributed by atoms with E-state index in [1.807, 2.05) is 25.1 Å². The van der Waals surface area contributed by atoms with E-state index in [2.05, 4.69) is 20.4 Å². The van der Waals surface area contributed by atoms with E-state index in [-0.39, 0.29) is 12.7 Å². The van der Waals surface area contributed by atoms with E-state index in [0.29, 0.717) is 19.0 Å². The number of likely N-dealkylation sites (tertiary alicyclic amines) is 1. The highest BCUT2D eigenvalue weighted by atomic mass is 32.1. The van der Waals surface area contributed by atoms with Crippen molar-refractivity contribution >= 4 is 17.2 Å². The van der Waals surface area contributed by atoms with Gasteiger partial charge in [-0.1, -0.05) is 6.07 Å². The van der Waals surface area contributed by atoms with Crippen LogP contribution >= 0.6 is 11.3 Å². The normalized spacial score (nSPS) is 17.4. The minimum Gasteiger partial charge on any atom is -0.454 e. The summed E-state index contributed by atoms with van der Waals surface area (Å²) in [5.74, 6) is 2.03. The highest BCUT2D eigenvalue weighted by Gasteiger charge is 2.24. The van der Waals surface area contributed by atoms with Crippen molar-refractivity contribution in [2.45, 2.75) is 32.2 Å². The Morgan fingerprint density at radius 1 is 1.27 bits per heavy atom. The highest BCUT2D eigenvalue weighted by Crippen LogP contribution is 2.32. The molecule has 26 heavy (non-hydrogen) atoms. The first-order valence-electron chi connectivity index (χ1n) is 8.85. The van der Waals surface area contributed by atoms with Gasteiger partial charge in [-0.15, -0.1) is 21.5 Å². The molecule has 0 saturated carbocycles. The van der Waals surface area contributed by atoms with Gasteiger partial charge in [0, 0.05) is 12.5 Å². The largest absolute Gasteiger partial charge is 0.454 e. The Hall–Kier alpha value is -2.19. The number of rotatable bonds is 5. The van der Waals surface area contributed by atoms with Crippen molar-refractivity contribution in [1.29, 1.82) is 0 Å². The number of carbonyl (C=O) groups excluding carboxylic acids is 1. The molecule has 1 saturated heterocycles. The van der Waals surface area contributed by atoms with Crippen molar-refractivity contribution < 1.29 is 14.3 Å². The van der Waals surface area contributed by atoms with E-state index < -0.39 is 0 Å². The third-order valence-electron chi connectivity index (χ3n) is 4.77. The van der Waals surface area contributed by atoms with Gasteiger partial charge in [0.05, 0.1) is 6.54 Å². The summed E-state index contributed by atoms with van der Waals surface area (Å²) in [7, 11) is 0. The molecular formula is C18H22N4O3S. The van der Waals surface area contributed by atoms with Gasteiger partial charge in [0.25, 0.3) is 0 Å². The van der Waals surface area contributed by atoms with Crippen LogP contribution in [-0.4, -0.2) is 47.4 Å². The molecule has 0 radical (unpaired) electrons. The molecule has 0 bridgehead atoms. The van der Waals surface area contributed by atoms with Crippen LogP contribution in [-0.2, 0) is 11.3 Å². The number of nitrogens with zero attached hydrogens (tertiary/aromatic N) is 3. The number of piperidine rings is 1. The van der Waals surface area contributed by atoms with E-state index in [4.69, 9.17) is 9.47 Å². The lowest BCUT2D eigenvalue weighted by molar-refractivity contribution is -0.122. The SMILES string of the molecule is Cc1nnc(C2CCN(CC(=O)NCc3ccc4c(c3)OCO4)CC2)s1. The predicted molar refractivity (Wildman–Crippen MR) is 97.5 cm³/mol. The molecule has 0 atom stereocenters. The number of aryl methyl sites for hydroxylation is 1. The predicted octanol–water partition coefficient (Wildman–Crippen LogP) is 2.07. The second-order valence-corrected chi connectivity index (χ2v) is 7.89. The van der Waals surface area contributed by atoms with Crippen LogP contribution < -0.4 is 14.8 Å². The van der Waals surface area contributed by atoms with Gasteiger partial charge in [0.2, 0.25) is 12.7 Å². The van der Waals surface area contributed by atoms with Crippen molar-refractivity contribution in [1.82, 2.24) is 20.4 Å². The van der Waals surface area contributed by atoms with Crippen molar-refractivity contribution in [2.24, 2.45) is 0 Å². The minimum absolute atomic E-state index is 0.0490. The maximum atomic E-state index is 12.2. The number of aromatic nitrogens is 2. The second kappa shape index (κ2) is 7.59. The first-order chi connectivity index (χ1) is 12.7. The number of fused-ring (bicyclic) bond motifs is 1. The second-order valence-electron chi connectivity index (χ2n) is 6.67. The lowest BCUT2D eigenvalue weighted by Gasteiger charge is -2.30. The average molecular weight is 374 g/mol.